The third-order valence-electron chi connectivity index (χ3n) is 2.55. The summed E-state index contributed by atoms with van der Waals surface area (Å²) in [6.07, 6.45) is 0.0965. The molecular formula is C14H15N3O4. The summed E-state index contributed by atoms with van der Waals surface area (Å²) in [4.78, 5) is 22.1. The number of hydrogen-bond acceptors (Lipinski definition) is 6. The lowest BCUT2D eigenvalue weighted by atomic mass is 10.2. The van der Waals surface area contributed by atoms with Gasteiger partial charge >= 0.3 is 5.97 Å². The van der Waals surface area contributed by atoms with Crippen LogP contribution < -0.4 is 5.32 Å². The van der Waals surface area contributed by atoms with Gasteiger partial charge in [-0.15, -0.1) is 10.2 Å². The maximum Gasteiger partial charge on any atom is 0.308 e. The molecule has 2 aromatic rings. The van der Waals surface area contributed by atoms with Gasteiger partial charge in [0, 0.05) is 19.0 Å². The number of ether oxygens (including phenoxy) is 1. The smallest absolute Gasteiger partial charge is 0.308 e. The first-order valence-electron chi connectivity index (χ1n) is 6.43. The average molecular weight is 289 g/mol. The molecule has 110 valence electrons. The summed E-state index contributed by atoms with van der Waals surface area (Å²) < 4.78 is 10.4. The van der Waals surface area contributed by atoms with Crippen LogP contribution in [0.4, 0.5) is 0 Å². The van der Waals surface area contributed by atoms with Gasteiger partial charge in [-0.1, -0.05) is 18.2 Å². The molecule has 0 spiro atoms. The molecule has 0 radical (unpaired) electrons. The molecule has 0 fully saturated rings. The molecule has 7 heteroatoms. The standard InChI is InChI=1S/C14H15N3O4/c1-10(18)15-8-7-13(19)20-9-12-16-17-14(21-12)11-5-3-2-4-6-11/h2-6H,7-9H2,1H3,(H,15,18). The zero-order valence-corrected chi connectivity index (χ0v) is 11.5. The van der Waals surface area contributed by atoms with Crippen LogP contribution in [-0.2, 0) is 20.9 Å². The third-order valence-corrected chi connectivity index (χ3v) is 2.55. The summed E-state index contributed by atoms with van der Waals surface area (Å²) >= 11 is 0. The van der Waals surface area contributed by atoms with Crippen molar-refractivity contribution in [1.82, 2.24) is 15.5 Å². The molecule has 0 saturated carbocycles. The van der Waals surface area contributed by atoms with Gasteiger partial charge in [-0.2, -0.15) is 0 Å². The Morgan fingerprint density at radius 2 is 2.00 bits per heavy atom. The minimum atomic E-state index is -0.441. The molecule has 1 aromatic carbocycles. The van der Waals surface area contributed by atoms with Crippen LogP contribution in [0.5, 0.6) is 0 Å². The lowest BCUT2D eigenvalue weighted by molar-refractivity contribution is -0.145. The van der Waals surface area contributed by atoms with E-state index in [1.807, 2.05) is 30.3 Å². The predicted molar refractivity (Wildman–Crippen MR) is 72.8 cm³/mol. The van der Waals surface area contributed by atoms with Crippen LogP contribution in [0, 0.1) is 0 Å². The highest BCUT2D eigenvalue weighted by Gasteiger charge is 2.10. The molecule has 7 nitrogen and oxygen atoms in total. The Morgan fingerprint density at radius 3 is 2.71 bits per heavy atom. The van der Waals surface area contributed by atoms with Crippen molar-refractivity contribution < 1.29 is 18.7 Å². The van der Waals surface area contributed by atoms with Gasteiger partial charge in [0.2, 0.25) is 11.8 Å². The summed E-state index contributed by atoms with van der Waals surface area (Å²) in [5.74, 6) is -0.0305. The Bertz CT molecular complexity index is 610. The topological polar surface area (TPSA) is 94.3 Å². The Labute approximate surface area is 121 Å². The maximum atomic E-state index is 11.4. The van der Waals surface area contributed by atoms with Crippen LogP contribution in [0.1, 0.15) is 19.2 Å². The fourth-order valence-electron chi connectivity index (χ4n) is 1.56. The number of carbonyl (C=O) groups excluding carboxylic acids is 2. The van der Waals surface area contributed by atoms with Gasteiger partial charge in [-0.3, -0.25) is 9.59 Å². The van der Waals surface area contributed by atoms with Gasteiger partial charge in [-0.25, -0.2) is 0 Å². The second-order valence-electron chi connectivity index (χ2n) is 4.26. The molecule has 0 aliphatic rings. The lowest BCUT2D eigenvalue weighted by Gasteiger charge is -2.02. The molecule has 1 N–H and O–H groups in total. The molecule has 0 aliphatic heterocycles. The van der Waals surface area contributed by atoms with Crippen LogP contribution in [0.3, 0.4) is 0 Å². The maximum absolute atomic E-state index is 11.4. The first-order chi connectivity index (χ1) is 10.1. The van der Waals surface area contributed by atoms with Gasteiger partial charge in [0.25, 0.3) is 5.89 Å². The zero-order valence-electron chi connectivity index (χ0n) is 11.5. The van der Waals surface area contributed by atoms with E-state index in [0.717, 1.165) is 5.56 Å². The van der Waals surface area contributed by atoms with E-state index in [4.69, 9.17) is 9.15 Å². The Kier molecular flexibility index (Phi) is 5.03. The molecular weight excluding hydrogens is 274 g/mol. The number of hydrogen-bond donors (Lipinski definition) is 1. The van der Waals surface area contributed by atoms with Crippen LogP contribution in [-0.4, -0.2) is 28.6 Å². The number of nitrogens with zero attached hydrogens (tertiary/aromatic N) is 2. The number of amides is 1. The van der Waals surface area contributed by atoms with E-state index in [1.165, 1.54) is 6.92 Å². The molecule has 1 aromatic heterocycles. The van der Waals surface area contributed by atoms with Gasteiger partial charge in [-0.05, 0) is 12.1 Å². The fraction of sp³-hybridized carbons (Fsp3) is 0.286. The van der Waals surface area contributed by atoms with Crippen molar-refractivity contribution in [3.05, 3.63) is 36.2 Å². The molecule has 21 heavy (non-hydrogen) atoms. The molecule has 0 unspecified atom stereocenters. The summed E-state index contributed by atoms with van der Waals surface area (Å²) in [6.45, 7) is 1.54. The van der Waals surface area contributed by atoms with E-state index in [2.05, 4.69) is 15.5 Å². The van der Waals surface area contributed by atoms with E-state index in [0.29, 0.717) is 5.89 Å². The normalized spacial score (nSPS) is 10.1. The summed E-state index contributed by atoms with van der Waals surface area (Å²) in [5.41, 5.74) is 0.799. The Morgan fingerprint density at radius 1 is 1.24 bits per heavy atom. The van der Waals surface area contributed by atoms with E-state index < -0.39 is 5.97 Å². The summed E-state index contributed by atoms with van der Waals surface area (Å²) in [6, 6.07) is 9.30. The first-order valence-corrected chi connectivity index (χ1v) is 6.43. The van der Waals surface area contributed by atoms with E-state index in [1.54, 1.807) is 0 Å². The first kappa shape index (κ1) is 14.7. The minimum Gasteiger partial charge on any atom is -0.456 e. The lowest BCUT2D eigenvalue weighted by Crippen LogP contribution is -2.23. The molecule has 0 bridgehead atoms. The van der Waals surface area contributed by atoms with Crippen molar-refractivity contribution in [3.63, 3.8) is 0 Å². The number of esters is 1. The van der Waals surface area contributed by atoms with Crippen LogP contribution in [0.25, 0.3) is 11.5 Å². The molecule has 2 rings (SSSR count). The van der Waals surface area contributed by atoms with Crippen molar-refractivity contribution in [2.45, 2.75) is 20.0 Å². The predicted octanol–water partition coefficient (Wildman–Crippen LogP) is 1.31. The highest BCUT2D eigenvalue weighted by Crippen LogP contribution is 2.17. The third kappa shape index (κ3) is 4.72. The largest absolute Gasteiger partial charge is 0.456 e. The highest BCUT2D eigenvalue weighted by atomic mass is 16.5. The van der Waals surface area contributed by atoms with Crippen molar-refractivity contribution in [3.8, 4) is 11.5 Å². The SMILES string of the molecule is CC(=O)NCCC(=O)OCc1nnc(-c2ccccc2)o1. The number of benzene rings is 1. The Hall–Kier alpha value is -2.70. The quantitative estimate of drug-likeness (QED) is 0.806. The van der Waals surface area contributed by atoms with Crippen LogP contribution in [0.15, 0.2) is 34.7 Å². The van der Waals surface area contributed by atoms with Gasteiger partial charge in [0.15, 0.2) is 6.61 Å². The number of carbonyl (C=O) groups is 2. The molecule has 1 amide bonds. The molecule has 1 heterocycles. The molecule has 0 atom stereocenters. The second kappa shape index (κ2) is 7.18. The van der Waals surface area contributed by atoms with E-state index in [9.17, 15) is 9.59 Å². The molecule has 0 saturated heterocycles. The second-order valence-corrected chi connectivity index (χ2v) is 4.26. The van der Waals surface area contributed by atoms with E-state index in [-0.39, 0.29) is 31.4 Å². The van der Waals surface area contributed by atoms with Crippen LogP contribution in [0.2, 0.25) is 0 Å². The molecule has 0 aliphatic carbocycles. The summed E-state index contributed by atoms with van der Waals surface area (Å²) in [7, 11) is 0. The van der Waals surface area contributed by atoms with Gasteiger partial charge < -0.3 is 14.5 Å². The van der Waals surface area contributed by atoms with Crippen molar-refractivity contribution in [2.75, 3.05) is 6.54 Å². The van der Waals surface area contributed by atoms with Crippen molar-refractivity contribution >= 4 is 11.9 Å². The van der Waals surface area contributed by atoms with Crippen LogP contribution >= 0.6 is 0 Å². The highest BCUT2D eigenvalue weighted by molar-refractivity contribution is 5.74. The zero-order chi connectivity index (χ0) is 15.1. The minimum absolute atomic E-state index is 0.0846. The number of nitrogens with one attached hydrogen (secondary N) is 1. The monoisotopic (exact) mass is 289 g/mol. The average Bonchev–Trinajstić information content (AvgIpc) is 2.94. The number of rotatable bonds is 6. The van der Waals surface area contributed by atoms with Crippen molar-refractivity contribution in [2.24, 2.45) is 0 Å². The number of aromatic nitrogens is 2. The van der Waals surface area contributed by atoms with Gasteiger partial charge in [0.1, 0.15) is 0 Å². The van der Waals surface area contributed by atoms with Gasteiger partial charge in [0.05, 0.1) is 6.42 Å². The van der Waals surface area contributed by atoms with Crippen molar-refractivity contribution in [1.29, 1.82) is 0 Å². The Balaban J connectivity index is 1.80. The fourth-order valence-corrected chi connectivity index (χ4v) is 1.56. The summed E-state index contributed by atoms with van der Waals surface area (Å²) in [5, 5.41) is 10.2. The van der Waals surface area contributed by atoms with E-state index >= 15 is 0 Å².